The zero-order chi connectivity index (χ0) is 17.5. The lowest BCUT2D eigenvalue weighted by Crippen LogP contribution is -2.14. The second kappa shape index (κ2) is 6.56. The highest BCUT2D eigenvalue weighted by molar-refractivity contribution is 8.32. The van der Waals surface area contributed by atoms with Gasteiger partial charge < -0.3 is 0 Å². The largest absolute Gasteiger partial charge is 0.152 e. The van der Waals surface area contributed by atoms with E-state index in [1.54, 1.807) is 0 Å². The van der Waals surface area contributed by atoms with Gasteiger partial charge in [0.05, 0.1) is 0 Å². The third-order valence-corrected chi connectivity index (χ3v) is 10.9. The molecule has 4 heteroatoms. The Morgan fingerprint density at radius 3 is 1.88 bits per heavy atom. The highest BCUT2D eigenvalue weighted by Crippen LogP contribution is 2.50. The van der Waals surface area contributed by atoms with Gasteiger partial charge in [-0.3, -0.25) is 0 Å². The van der Waals surface area contributed by atoms with Crippen molar-refractivity contribution in [1.82, 2.24) is 0 Å². The first kappa shape index (κ1) is 18.1. The van der Waals surface area contributed by atoms with Crippen LogP contribution < -0.4 is 0 Å². The van der Waals surface area contributed by atoms with Crippen LogP contribution >= 0.6 is 22.4 Å². The molecular weight excluding hydrogens is 361 g/mol. The molecule has 2 aliphatic rings. The van der Waals surface area contributed by atoms with E-state index in [1.807, 2.05) is 0 Å². The summed E-state index contributed by atoms with van der Waals surface area (Å²) in [5.41, 5.74) is 5.62. The van der Waals surface area contributed by atoms with Gasteiger partial charge in [0.25, 0.3) is 0 Å². The van der Waals surface area contributed by atoms with Crippen LogP contribution in [0.1, 0.15) is 5.56 Å². The molecule has 0 bridgehead atoms. The molecule has 0 heterocycles. The molecule has 0 N–H and O–H groups in total. The summed E-state index contributed by atoms with van der Waals surface area (Å²) in [6.07, 6.45) is 7.29. The summed E-state index contributed by atoms with van der Waals surface area (Å²) in [5, 5.41) is 0. The fourth-order valence-electron chi connectivity index (χ4n) is 2.88. The second-order valence-electron chi connectivity index (χ2n) is 8.24. The lowest BCUT2D eigenvalue weighted by molar-refractivity contribution is 1.58. The smallest absolute Gasteiger partial charge is 0.114 e. The molecule has 0 nitrogen and oxygen atoms in total. The SMILES string of the molecule is C[Si](C)(C)SC1=CC2=C(S[Si](C)(C)C)C=C(c3ccccc3)C2=C1. The standard InChI is InChI=1S/C20H26S2Si2/c1-23(2,3)21-16-12-18-17(15-10-8-7-9-11-15)14-20(19(18)13-16)22-24(4,5)6/h7-14H,1-6H3. The van der Waals surface area contributed by atoms with Crippen molar-refractivity contribution in [2.45, 2.75) is 39.3 Å². The monoisotopic (exact) mass is 386 g/mol. The van der Waals surface area contributed by atoms with Crippen molar-refractivity contribution in [3.63, 3.8) is 0 Å². The second-order valence-corrected chi connectivity index (χ2v) is 26.6. The molecule has 0 spiro atoms. The molecule has 2 aliphatic carbocycles. The number of rotatable bonds is 5. The lowest BCUT2D eigenvalue weighted by Gasteiger charge is -2.16. The van der Waals surface area contributed by atoms with Crippen molar-refractivity contribution in [3.05, 3.63) is 75.1 Å². The van der Waals surface area contributed by atoms with Gasteiger partial charge in [-0.25, -0.2) is 0 Å². The first-order valence-corrected chi connectivity index (χ1v) is 18.5. The summed E-state index contributed by atoms with van der Waals surface area (Å²) in [6, 6.07) is 10.8. The van der Waals surface area contributed by atoms with E-state index < -0.39 is 14.4 Å². The van der Waals surface area contributed by atoms with Crippen molar-refractivity contribution >= 4 is 42.4 Å². The van der Waals surface area contributed by atoms with E-state index in [2.05, 4.69) is 110 Å². The van der Waals surface area contributed by atoms with Crippen LogP contribution in [0.15, 0.2) is 69.5 Å². The minimum Gasteiger partial charge on any atom is -0.152 e. The Balaban J connectivity index is 2.01. The van der Waals surface area contributed by atoms with Crippen LogP contribution in [-0.4, -0.2) is 14.4 Å². The van der Waals surface area contributed by atoms with Gasteiger partial charge in [-0.2, -0.15) is 22.4 Å². The maximum Gasteiger partial charge on any atom is 0.114 e. The van der Waals surface area contributed by atoms with E-state index >= 15 is 0 Å². The molecule has 0 radical (unpaired) electrons. The van der Waals surface area contributed by atoms with Gasteiger partial charge in [0.2, 0.25) is 0 Å². The Morgan fingerprint density at radius 1 is 0.667 bits per heavy atom. The predicted molar refractivity (Wildman–Crippen MR) is 119 cm³/mol. The molecule has 0 amide bonds. The van der Waals surface area contributed by atoms with Crippen molar-refractivity contribution in [1.29, 1.82) is 0 Å². The van der Waals surface area contributed by atoms with Gasteiger partial charge in [-0.05, 0) is 40.5 Å². The van der Waals surface area contributed by atoms with Crippen LogP contribution in [0.4, 0.5) is 0 Å². The van der Waals surface area contributed by atoms with Gasteiger partial charge >= 0.3 is 0 Å². The summed E-state index contributed by atoms with van der Waals surface area (Å²) in [7, 11) is -2.40. The molecule has 126 valence electrons. The fourth-order valence-corrected chi connectivity index (χ4v) is 10.0. The Morgan fingerprint density at radius 2 is 1.29 bits per heavy atom. The van der Waals surface area contributed by atoms with Gasteiger partial charge in [0.1, 0.15) is 14.4 Å². The molecule has 24 heavy (non-hydrogen) atoms. The molecule has 0 aromatic heterocycles. The molecule has 0 saturated carbocycles. The number of benzene rings is 1. The highest BCUT2D eigenvalue weighted by Gasteiger charge is 2.30. The predicted octanol–water partition coefficient (Wildman–Crippen LogP) is 7.30. The van der Waals surface area contributed by atoms with Crippen LogP contribution in [0.25, 0.3) is 5.57 Å². The minimum absolute atomic E-state index is 1.18. The van der Waals surface area contributed by atoms with Crippen LogP contribution in [-0.2, 0) is 0 Å². The van der Waals surface area contributed by atoms with Crippen LogP contribution in [0.3, 0.4) is 0 Å². The van der Waals surface area contributed by atoms with Crippen LogP contribution in [0.2, 0.25) is 39.3 Å². The van der Waals surface area contributed by atoms with Gasteiger partial charge in [-0.1, -0.05) is 69.6 Å². The summed E-state index contributed by atoms with van der Waals surface area (Å²) >= 11 is 4.22. The summed E-state index contributed by atoms with van der Waals surface area (Å²) in [6.45, 7) is 14.6. The van der Waals surface area contributed by atoms with Gasteiger partial charge in [0, 0.05) is 9.81 Å². The Kier molecular flexibility index (Phi) is 4.95. The number of hydrogen-bond donors (Lipinski definition) is 0. The van der Waals surface area contributed by atoms with E-state index in [0.29, 0.717) is 0 Å². The van der Waals surface area contributed by atoms with E-state index in [4.69, 9.17) is 0 Å². The van der Waals surface area contributed by atoms with Crippen LogP contribution in [0, 0.1) is 0 Å². The van der Waals surface area contributed by atoms with E-state index in [-0.39, 0.29) is 0 Å². The molecule has 0 atom stereocenters. The molecule has 3 rings (SSSR count). The summed E-state index contributed by atoms with van der Waals surface area (Å²) in [5.74, 6) is 0. The number of fused-ring (bicyclic) bond motifs is 1. The maximum atomic E-state index is 2.44. The zero-order valence-corrected chi connectivity index (χ0v) is 19.1. The normalized spacial score (nSPS) is 17.7. The first-order chi connectivity index (χ1) is 11.1. The van der Waals surface area contributed by atoms with Crippen LogP contribution in [0.5, 0.6) is 0 Å². The topological polar surface area (TPSA) is 0 Å². The zero-order valence-electron chi connectivity index (χ0n) is 15.4. The van der Waals surface area contributed by atoms with Crippen molar-refractivity contribution in [2.75, 3.05) is 0 Å². The third kappa shape index (κ3) is 4.28. The molecule has 1 aromatic carbocycles. The van der Waals surface area contributed by atoms with Gasteiger partial charge in [0.15, 0.2) is 0 Å². The average molecular weight is 387 g/mol. The Bertz CT molecular complexity index is 770. The molecule has 1 aromatic rings. The summed E-state index contributed by atoms with van der Waals surface area (Å²) < 4.78 is 0. The number of allylic oxidation sites excluding steroid dienone is 6. The molecule has 0 aliphatic heterocycles. The average Bonchev–Trinajstić information content (AvgIpc) is 2.96. The minimum atomic E-state index is -1.22. The van der Waals surface area contributed by atoms with Crippen molar-refractivity contribution in [2.24, 2.45) is 0 Å². The first-order valence-electron chi connectivity index (χ1n) is 8.46. The lowest BCUT2D eigenvalue weighted by atomic mass is 9.99. The quantitative estimate of drug-likeness (QED) is 0.487. The maximum absolute atomic E-state index is 2.44. The molecule has 0 unspecified atom stereocenters. The van der Waals surface area contributed by atoms with E-state index in [9.17, 15) is 0 Å². The summed E-state index contributed by atoms with van der Waals surface area (Å²) in [4.78, 5) is 2.93. The molecule has 0 saturated heterocycles. The molecule has 0 fully saturated rings. The van der Waals surface area contributed by atoms with Gasteiger partial charge in [-0.15, -0.1) is 0 Å². The van der Waals surface area contributed by atoms with E-state index in [1.165, 1.54) is 32.1 Å². The molecular formula is C20H26S2Si2. The highest BCUT2D eigenvalue weighted by atomic mass is 32.4. The Hall–Kier alpha value is -0.686. The number of hydrogen-bond acceptors (Lipinski definition) is 2. The van der Waals surface area contributed by atoms with Crippen molar-refractivity contribution in [3.8, 4) is 0 Å². The van der Waals surface area contributed by atoms with Crippen molar-refractivity contribution < 1.29 is 0 Å². The van der Waals surface area contributed by atoms with E-state index in [0.717, 1.165) is 0 Å². The fraction of sp³-hybridized carbons (Fsp3) is 0.300. The third-order valence-electron chi connectivity index (χ3n) is 3.62. The Labute approximate surface area is 156 Å².